The topological polar surface area (TPSA) is 55.1 Å². The number of nitrogens with two attached hydrogens (primary N) is 1. The molecule has 1 fully saturated rings. The van der Waals surface area contributed by atoms with Crippen LogP contribution in [0.1, 0.15) is 59.8 Å². The molecule has 3 nitrogen and oxygen atoms in total. The van der Waals surface area contributed by atoms with E-state index in [9.17, 15) is 4.79 Å². The van der Waals surface area contributed by atoms with Gasteiger partial charge in [-0.3, -0.25) is 4.79 Å². The molecule has 0 spiro atoms. The van der Waals surface area contributed by atoms with Crippen molar-refractivity contribution in [1.29, 1.82) is 0 Å². The first kappa shape index (κ1) is 16.8. The molecule has 1 rings (SSSR count). The molecule has 1 aliphatic carbocycles. The third-order valence-corrected chi connectivity index (χ3v) is 5.69. The van der Waals surface area contributed by atoms with Gasteiger partial charge in [0.1, 0.15) is 0 Å². The maximum absolute atomic E-state index is 11.9. The highest BCUT2D eigenvalue weighted by molar-refractivity contribution is 7.99. The molecule has 0 bridgehead atoms. The van der Waals surface area contributed by atoms with Crippen LogP contribution >= 0.6 is 11.8 Å². The van der Waals surface area contributed by atoms with Crippen molar-refractivity contribution in [3.8, 4) is 0 Å². The Bertz CT molecular complexity index is 296. The van der Waals surface area contributed by atoms with E-state index in [0.717, 1.165) is 25.2 Å². The van der Waals surface area contributed by atoms with Crippen molar-refractivity contribution in [2.75, 3.05) is 5.75 Å². The highest BCUT2D eigenvalue weighted by Crippen LogP contribution is 2.36. The number of thioether (sulfide) groups is 1. The van der Waals surface area contributed by atoms with Crippen LogP contribution in [0.3, 0.4) is 0 Å². The molecule has 0 radical (unpaired) electrons. The maximum Gasteiger partial charge on any atom is 0.237 e. The molecule has 4 heteroatoms. The minimum atomic E-state index is -0.473. The first-order valence-electron chi connectivity index (χ1n) is 7.59. The minimum Gasteiger partial charge on any atom is -0.368 e. The van der Waals surface area contributed by atoms with Crippen LogP contribution in [0.2, 0.25) is 0 Å². The number of nitrogens with one attached hydrogen (secondary N) is 1. The zero-order chi connectivity index (χ0) is 14.5. The summed E-state index contributed by atoms with van der Waals surface area (Å²) in [6, 6.07) is 0.297. The van der Waals surface area contributed by atoms with Gasteiger partial charge in [-0.2, -0.15) is 11.8 Å². The van der Waals surface area contributed by atoms with Crippen LogP contribution in [0.5, 0.6) is 0 Å². The highest BCUT2D eigenvalue weighted by Gasteiger charge is 2.41. The first-order valence-corrected chi connectivity index (χ1v) is 8.63. The summed E-state index contributed by atoms with van der Waals surface area (Å²) in [7, 11) is 0. The van der Waals surface area contributed by atoms with Crippen LogP contribution in [0, 0.1) is 5.92 Å². The van der Waals surface area contributed by atoms with E-state index in [-0.39, 0.29) is 5.91 Å². The Labute approximate surface area is 122 Å². The van der Waals surface area contributed by atoms with Crippen molar-refractivity contribution in [2.45, 2.75) is 76.6 Å². The SMILES string of the molecule is CCC(C)CSC1CCCC(NC(C)C)(C(N)=O)C1. The predicted molar refractivity (Wildman–Crippen MR) is 84.4 cm³/mol. The molecular weight excluding hydrogens is 256 g/mol. The lowest BCUT2D eigenvalue weighted by molar-refractivity contribution is -0.126. The lowest BCUT2D eigenvalue weighted by Gasteiger charge is -2.40. The third-order valence-electron chi connectivity index (χ3n) is 4.06. The third kappa shape index (κ3) is 4.99. The summed E-state index contributed by atoms with van der Waals surface area (Å²) in [4.78, 5) is 11.9. The largest absolute Gasteiger partial charge is 0.368 e. The molecule has 3 atom stereocenters. The molecule has 0 aromatic carbocycles. The van der Waals surface area contributed by atoms with Crippen molar-refractivity contribution < 1.29 is 4.79 Å². The van der Waals surface area contributed by atoms with Gasteiger partial charge in [0.25, 0.3) is 0 Å². The molecular formula is C15H30N2OS. The van der Waals surface area contributed by atoms with Crippen LogP contribution in [0.25, 0.3) is 0 Å². The first-order chi connectivity index (χ1) is 8.89. The number of primary amides is 1. The van der Waals surface area contributed by atoms with Crippen molar-refractivity contribution in [3.63, 3.8) is 0 Å². The summed E-state index contributed by atoms with van der Waals surface area (Å²) in [5, 5.41) is 4.01. The Balaban J connectivity index is 2.61. The summed E-state index contributed by atoms with van der Waals surface area (Å²) >= 11 is 2.03. The summed E-state index contributed by atoms with van der Waals surface area (Å²) in [5.41, 5.74) is 5.21. The smallest absolute Gasteiger partial charge is 0.237 e. The van der Waals surface area contributed by atoms with Crippen molar-refractivity contribution in [1.82, 2.24) is 5.32 Å². The van der Waals surface area contributed by atoms with Gasteiger partial charge in [-0.25, -0.2) is 0 Å². The molecule has 3 unspecified atom stereocenters. The van der Waals surface area contributed by atoms with E-state index in [1.807, 2.05) is 11.8 Å². The van der Waals surface area contributed by atoms with Crippen molar-refractivity contribution in [3.05, 3.63) is 0 Å². The van der Waals surface area contributed by atoms with E-state index in [1.54, 1.807) is 0 Å². The molecule has 112 valence electrons. The summed E-state index contributed by atoms with van der Waals surface area (Å²) < 4.78 is 0. The molecule has 1 aliphatic rings. The van der Waals surface area contributed by atoms with Crippen molar-refractivity contribution in [2.24, 2.45) is 11.7 Å². The number of carbonyl (C=O) groups excluding carboxylic acids is 1. The average Bonchev–Trinajstić information content (AvgIpc) is 2.35. The normalized spacial score (nSPS) is 29.4. The van der Waals surface area contributed by atoms with Crippen LogP contribution < -0.4 is 11.1 Å². The van der Waals surface area contributed by atoms with E-state index in [4.69, 9.17) is 5.73 Å². The van der Waals surface area contributed by atoms with E-state index < -0.39 is 5.54 Å². The number of hydrogen-bond donors (Lipinski definition) is 2. The van der Waals surface area contributed by atoms with Gasteiger partial charge in [-0.05, 0) is 51.2 Å². The predicted octanol–water partition coefficient (Wildman–Crippen LogP) is 2.93. The van der Waals surface area contributed by atoms with Gasteiger partial charge in [-0.15, -0.1) is 0 Å². The van der Waals surface area contributed by atoms with Gasteiger partial charge >= 0.3 is 0 Å². The molecule has 0 saturated heterocycles. The van der Waals surface area contributed by atoms with E-state index in [0.29, 0.717) is 11.3 Å². The second kappa shape index (κ2) is 7.53. The molecule has 0 aromatic heterocycles. The monoisotopic (exact) mass is 286 g/mol. The van der Waals surface area contributed by atoms with Gasteiger partial charge < -0.3 is 11.1 Å². The molecule has 0 aliphatic heterocycles. The maximum atomic E-state index is 11.9. The number of hydrogen-bond acceptors (Lipinski definition) is 3. The highest BCUT2D eigenvalue weighted by atomic mass is 32.2. The Morgan fingerprint density at radius 1 is 1.47 bits per heavy atom. The van der Waals surface area contributed by atoms with Crippen LogP contribution in [-0.2, 0) is 4.79 Å². The number of carbonyl (C=O) groups is 1. The average molecular weight is 286 g/mol. The molecule has 0 aromatic rings. The van der Waals surface area contributed by atoms with Crippen LogP contribution in [0.15, 0.2) is 0 Å². The van der Waals surface area contributed by atoms with E-state index in [2.05, 4.69) is 33.0 Å². The lowest BCUT2D eigenvalue weighted by Crippen LogP contribution is -2.60. The molecule has 19 heavy (non-hydrogen) atoms. The van der Waals surface area contributed by atoms with Crippen molar-refractivity contribution >= 4 is 17.7 Å². The van der Waals surface area contributed by atoms with Gasteiger partial charge in [0.05, 0.1) is 5.54 Å². The van der Waals surface area contributed by atoms with Crippen LogP contribution in [-0.4, -0.2) is 28.5 Å². The lowest BCUT2D eigenvalue weighted by atomic mass is 9.80. The Kier molecular flexibility index (Phi) is 6.67. The zero-order valence-corrected chi connectivity index (χ0v) is 13.7. The number of rotatable bonds is 7. The standard InChI is InChI=1S/C15H30N2OS/c1-5-12(4)10-19-13-7-6-8-15(9-13,14(16)18)17-11(2)3/h11-13,17H,5-10H2,1-4H3,(H2,16,18). The minimum absolute atomic E-state index is 0.171. The second-order valence-corrected chi connectivity index (χ2v) is 7.64. The van der Waals surface area contributed by atoms with Gasteiger partial charge in [-0.1, -0.05) is 20.3 Å². The quantitative estimate of drug-likeness (QED) is 0.756. The Morgan fingerprint density at radius 2 is 2.16 bits per heavy atom. The summed E-state index contributed by atoms with van der Waals surface area (Å²) in [6.07, 6.45) is 5.32. The molecule has 1 saturated carbocycles. The Hall–Kier alpha value is -0.220. The molecule has 1 amide bonds. The summed E-state index contributed by atoms with van der Waals surface area (Å²) in [5.74, 6) is 1.78. The van der Waals surface area contributed by atoms with Gasteiger partial charge in [0.15, 0.2) is 0 Å². The van der Waals surface area contributed by atoms with Gasteiger partial charge in [0.2, 0.25) is 5.91 Å². The summed E-state index contributed by atoms with van der Waals surface area (Å²) in [6.45, 7) is 8.70. The van der Waals surface area contributed by atoms with Gasteiger partial charge in [0, 0.05) is 11.3 Å². The molecule has 0 heterocycles. The Morgan fingerprint density at radius 3 is 2.68 bits per heavy atom. The second-order valence-electron chi connectivity index (χ2n) is 6.31. The number of amides is 1. The van der Waals surface area contributed by atoms with E-state index in [1.165, 1.54) is 18.6 Å². The van der Waals surface area contributed by atoms with E-state index >= 15 is 0 Å². The fourth-order valence-corrected chi connectivity index (χ4v) is 4.34. The fraction of sp³-hybridized carbons (Fsp3) is 0.933. The fourth-order valence-electron chi connectivity index (χ4n) is 2.76. The van der Waals surface area contributed by atoms with Crippen LogP contribution in [0.4, 0.5) is 0 Å². The molecule has 3 N–H and O–H groups in total. The zero-order valence-electron chi connectivity index (χ0n) is 12.9.